The number of rotatable bonds is 6. The fourth-order valence-corrected chi connectivity index (χ4v) is 2.58. The highest BCUT2D eigenvalue weighted by Crippen LogP contribution is 2.30. The molecule has 0 radical (unpaired) electrons. The van der Waals surface area contributed by atoms with Crippen molar-refractivity contribution in [2.24, 2.45) is 0 Å². The van der Waals surface area contributed by atoms with E-state index in [1.165, 1.54) is 0 Å². The molecule has 0 unspecified atom stereocenters. The Kier molecular flexibility index (Phi) is 4.88. The molecule has 6 heteroatoms. The van der Waals surface area contributed by atoms with Gasteiger partial charge in [0.2, 0.25) is 0 Å². The summed E-state index contributed by atoms with van der Waals surface area (Å²) in [5.74, 6) is 0.994. The van der Waals surface area contributed by atoms with Gasteiger partial charge in [0.1, 0.15) is 11.3 Å². The average Bonchev–Trinajstić information content (AvgIpc) is 3.03. The van der Waals surface area contributed by atoms with Crippen LogP contribution >= 0.6 is 0 Å². The SMILES string of the molecule is CCOc1ccc(NC(=O)c2cn3c(C)cccc3n2)cc1OCC. The number of hydrogen-bond acceptors (Lipinski definition) is 4. The lowest BCUT2D eigenvalue weighted by Crippen LogP contribution is -2.12. The van der Waals surface area contributed by atoms with Crippen LogP contribution in [0.25, 0.3) is 5.65 Å². The normalized spacial score (nSPS) is 10.7. The van der Waals surface area contributed by atoms with Gasteiger partial charge in [0.15, 0.2) is 11.5 Å². The minimum atomic E-state index is -0.269. The number of benzene rings is 1. The van der Waals surface area contributed by atoms with Crippen LogP contribution in [0.2, 0.25) is 0 Å². The number of imidazole rings is 1. The lowest BCUT2D eigenvalue weighted by atomic mass is 10.2. The Morgan fingerprint density at radius 1 is 1.12 bits per heavy atom. The molecule has 1 N–H and O–H groups in total. The van der Waals surface area contributed by atoms with Crippen LogP contribution in [0.5, 0.6) is 11.5 Å². The van der Waals surface area contributed by atoms with E-state index in [-0.39, 0.29) is 5.91 Å². The highest BCUT2D eigenvalue weighted by atomic mass is 16.5. The topological polar surface area (TPSA) is 64.9 Å². The zero-order valence-corrected chi connectivity index (χ0v) is 14.6. The third-order valence-electron chi connectivity index (χ3n) is 3.73. The molecule has 6 nitrogen and oxygen atoms in total. The molecule has 0 saturated heterocycles. The fourth-order valence-electron chi connectivity index (χ4n) is 2.58. The van der Waals surface area contributed by atoms with Gasteiger partial charge in [-0.15, -0.1) is 0 Å². The van der Waals surface area contributed by atoms with Crippen LogP contribution in [-0.4, -0.2) is 28.5 Å². The second kappa shape index (κ2) is 7.25. The molecule has 0 fully saturated rings. The molecule has 2 heterocycles. The predicted molar refractivity (Wildman–Crippen MR) is 96.7 cm³/mol. The van der Waals surface area contributed by atoms with E-state index in [2.05, 4.69) is 10.3 Å². The maximum Gasteiger partial charge on any atom is 0.275 e. The minimum Gasteiger partial charge on any atom is -0.490 e. The van der Waals surface area contributed by atoms with Gasteiger partial charge in [-0.2, -0.15) is 0 Å². The number of nitrogens with zero attached hydrogens (tertiary/aromatic N) is 2. The number of carbonyl (C=O) groups excluding carboxylic acids is 1. The molecular formula is C19H21N3O3. The number of ether oxygens (including phenoxy) is 2. The largest absolute Gasteiger partial charge is 0.490 e. The van der Waals surface area contributed by atoms with Crippen LogP contribution in [0.1, 0.15) is 30.0 Å². The van der Waals surface area contributed by atoms with Crippen LogP contribution in [-0.2, 0) is 0 Å². The van der Waals surface area contributed by atoms with E-state index < -0.39 is 0 Å². The maximum absolute atomic E-state index is 12.5. The molecule has 3 aromatic rings. The first-order chi connectivity index (χ1) is 12.1. The van der Waals surface area contributed by atoms with Crippen molar-refractivity contribution >= 4 is 17.2 Å². The summed E-state index contributed by atoms with van der Waals surface area (Å²) in [4.78, 5) is 16.9. The maximum atomic E-state index is 12.5. The standard InChI is InChI=1S/C19H21N3O3/c1-4-24-16-10-9-14(11-17(16)25-5-2)20-19(23)15-12-22-13(3)7-6-8-18(22)21-15/h6-12H,4-5H2,1-3H3,(H,20,23). The minimum absolute atomic E-state index is 0.269. The van der Waals surface area contributed by atoms with Crippen molar-refractivity contribution < 1.29 is 14.3 Å². The highest BCUT2D eigenvalue weighted by Gasteiger charge is 2.13. The van der Waals surface area contributed by atoms with Crippen LogP contribution < -0.4 is 14.8 Å². The van der Waals surface area contributed by atoms with Crippen molar-refractivity contribution in [3.8, 4) is 11.5 Å². The Bertz CT molecular complexity index is 902. The zero-order chi connectivity index (χ0) is 17.8. The Balaban J connectivity index is 1.84. The number of amides is 1. The van der Waals surface area contributed by atoms with E-state index in [1.807, 2.05) is 43.4 Å². The van der Waals surface area contributed by atoms with Crippen molar-refractivity contribution in [1.82, 2.24) is 9.38 Å². The van der Waals surface area contributed by atoms with Crippen molar-refractivity contribution in [1.29, 1.82) is 0 Å². The van der Waals surface area contributed by atoms with Gasteiger partial charge in [-0.05, 0) is 45.0 Å². The number of carbonyl (C=O) groups is 1. The van der Waals surface area contributed by atoms with Crippen LogP contribution in [0.4, 0.5) is 5.69 Å². The lowest BCUT2D eigenvalue weighted by Gasteiger charge is -2.12. The van der Waals surface area contributed by atoms with Gasteiger partial charge in [-0.1, -0.05) is 6.07 Å². The summed E-state index contributed by atoms with van der Waals surface area (Å²) in [5.41, 5.74) is 2.75. The predicted octanol–water partition coefficient (Wildman–Crippen LogP) is 3.69. The number of hydrogen-bond donors (Lipinski definition) is 1. The van der Waals surface area contributed by atoms with E-state index in [0.29, 0.717) is 36.1 Å². The molecule has 25 heavy (non-hydrogen) atoms. The summed E-state index contributed by atoms with van der Waals surface area (Å²) in [5, 5.41) is 2.86. The average molecular weight is 339 g/mol. The van der Waals surface area contributed by atoms with E-state index in [0.717, 1.165) is 11.3 Å². The zero-order valence-electron chi connectivity index (χ0n) is 14.6. The third kappa shape index (κ3) is 3.57. The molecule has 130 valence electrons. The molecule has 0 spiro atoms. The summed E-state index contributed by atoms with van der Waals surface area (Å²) < 4.78 is 13.0. The van der Waals surface area contributed by atoms with E-state index in [4.69, 9.17) is 9.47 Å². The number of pyridine rings is 1. The molecule has 2 aromatic heterocycles. The van der Waals surface area contributed by atoms with Crippen molar-refractivity contribution in [2.45, 2.75) is 20.8 Å². The lowest BCUT2D eigenvalue weighted by molar-refractivity contribution is 0.102. The Labute approximate surface area is 146 Å². The summed E-state index contributed by atoms with van der Waals surface area (Å²) in [6.45, 7) is 6.85. The van der Waals surface area contributed by atoms with E-state index >= 15 is 0 Å². The molecule has 0 saturated carbocycles. The first kappa shape index (κ1) is 16.8. The summed E-state index contributed by atoms with van der Waals surface area (Å²) in [6, 6.07) is 11.1. The van der Waals surface area contributed by atoms with Gasteiger partial charge < -0.3 is 19.2 Å². The van der Waals surface area contributed by atoms with Crippen LogP contribution in [0.15, 0.2) is 42.6 Å². The number of nitrogens with one attached hydrogen (secondary N) is 1. The molecule has 1 amide bonds. The number of anilines is 1. The van der Waals surface area contributed by atoms with E-state index in [9.17, 15) is 4.79 Å². The molecule has 0 aliphatic carbocycles. The highest BCUT2D eigenvalue weighted by molar-refractivity contribution is 6.03. The molecule has 0 bridgehead atoms. The third-order valence-corrected chi connectivity index (χ3v) is 3.73. The van der Waals surface area contributed by atoms with Gasteiger partial charge in [0.25, 0.3) is 5.91 Å². The molecule has 0 aliphatic heterocycles. The summed E-state index contributed by atoms with van der Waals surface area (Å²) >= 11 is 0. The summed E-state index contributed by atoms with van der Waals surface area (Å²) in [7, 11) is 0. The fraction of sp³-hybridized carbons (Fsp3) is 0.263. The van der Waals surface area contributed by atoms with Crippen LogP contribution in [0, 0.1) is 6.92 Å². The number of aryl methyl sites for hydroxylation is 1. The van der Waals surface area contributed by atoms with Crippen molar-refractivity contribution in [3.63, 3.8) is 0 Å². The number of aromatic nitrogens is 2. The van der Waals surface area contributed by atoms with E-state index in [1.54, 1.807) is 24.4 Å². The Morgan fingerprint density at radius 3 is 2.60 bits per heavy atom. The second-order valence-corrected chi connectivity index (χ2v) is 5.50. The van der Waals surface area contributed by atoms with Gasteiger partial charge >= 0.3 is 0 Å². The molecular weight excluding hydrogens is 318 g/mol. The first-order valence-electron chi connectivity index (χ1n) is 8.28. The van der Waals surface area contributed by atoms with Gasteiger partial charge in [-0.3, -0.25) is 4.79 Å². The summed E-state index contributed by atoms with van der Waals surface area (Å²) in [6.07, 6.45) is 1.73. The van der Waals surface area contributed by atoms with Crippen LogP contribution in [0.3, 0.4) is 0 Å². The quantitative estimate of drug-likeness (QED) is 0.744. The Morgan fingerprint density at radius 2 is 1.88 bits per heavy atom. The first-order valence-corrected chi connectivity index (χ1v) is 8.28. The smallest absolute Gasteiger partial charge is 0.275 e. The van der Waals surface area contributed by atoms with Crippen molar-refractivity contribution in [3.05, 3.63) is 54.0 Å². The van der Waals surface area contributed by atoms with Gasteiger partial charge in [0, 0.05) is 23.6 Å². The molecule has 3 rings (SSSR count). The van der Waals surface area contributed by atoms with Gasteiger partial charge in [-0.25, -0.2) is 4.98 Å². The van der Waals surface area contributed by atoms with Gasteiger partial charge in [0.05, 0.1) is 13.2 Å². The number of fused-ring (bicyclic) bond motifs is 1. The molecule has 1 aromatic carbocycles. The molecule has 0 aliphatic rings. The monoisotopic (exact) mass is 339 g/mol. The van der Waals surface area contributed by atoms with Crippen molar-refractivity contribution in [2.75, 3.05) is 18.5 Å². The second-order valence-electron chi connectivity index (χ2n) is 5.50. The Hall–Kier alpha value is -3.02. The molecule has 0 atom stereocenters.